The Balaban J connectivity index is 1.89. The van der Waals surface area contributed by atoms with Crippen LogP contribution in [0.1, 0.15) is 11.3 Å². The fourth-order valence-electron chi connectivity index (χ4n) is 3.90. The quantitative estimate of drug-likeness (QED) is 0.384. The average molecular weight is 363 g/mol. The van der Waals surface area contributed by atoms with Crippen LogP contribution in [0.4, 0.5) is 0 Å². The predicted molar refractivity (Wildman–Crippen MR) is 117 cm³/mol. The summed E-state index contributed by atoms with van der Waals surface area (Å²) in [5.41, 5.74) is 4.03. The highest BCUT2D eigenvalue weighted by atomic mass is 16.3. The number of fused-ring (bicyclic) bond motifs is 4. The minimum Gasteiger partial charge on any atom is -0.456 e. The first-order valence-electron chi connectivity index (χ1n) is 9.07. The molecule has 0 spiro atoms. The van der Waals surface area contributed by atoms with Crippen LogP contribution in [0.2, 0.25) is 0 Å². The van der Waals surface area contributed by atoms with E-state index in [1.54, 1.807) is 6.08 Å². The van der Waals surface area contributed by atoms with Gasteiger partial charge in [-0.2, -0.15) is 0 Å². The summed E-state index contributed by atoms with van der Waals surface area (Å²) < 4.78 is 8.17. The number of rotatable bonds is 3. The lowest BCUT2D eigenvalue weighted by Crippen LogP contribution is -2.07. The fourth-order valence-corrected chi connectivity index (χ4v) is 3.90. The summed E-state index contributed by atoms with van der Waals surface area (Å²) in [5, 5.41) is 2.91. The molecule has 3 aromatic carbocycles. The van der Waals surface area contributed by atoms with Gasteiger partial charge in [-0.1, -0.05) is 55.6 Å². The number of benzene rings is 3. The third-order valence-electron chi connectivity index (χ3n) is 5.17. The molecule has 5 rings (SSSR count). The van der Waals surface area contributed by atoms with Gasteiger partial charge in [-0.3, -0.25) is 4.79 Å². The van der Waals surface area contributed by atoms with Gasteiger partial charge < -0.3 is 8.98 Å². The highest BCUT2D eigenvalue weighted by molar-refractivity contribution is 6.09. The smallest absolute Gasteiger partial charge is 0.200 e. The summed E-state index contributed by atoms with van der Waals surface area (Å²) in [4.78, 5) is 12.8. The van der Waals surface area contributed by atoms with Crippen molar-refractivity contribution in [2.75, 3.05) is 0 Å². The standard InChI is InChI=1S/C25H17NO2/c1-3-17-23(4-2)28-24-15-16(13-14-20(24)25(17)27)26-21-11-7-5-9-18(21)19-10-6-8-12-22(19)26/h3-15H,1-2H2. The van der Waals surface area contributed by atoms with Gasteiger partial charge in [0.05, 0.1) is 22.0 Å². The summed E-state index contributed by atoms with van der Waals surface area (Å²) in [6.07, 6.45) is 3.06. The molecule has 2 heterocycles. The molecule has 0 N–H and O–H groups in total. The fraction of sp³-hybridized carbons (Fsp3) is 0. The lowest BCUT2D eigenvalue weighted by molar-refractivity contribution is 0.589. The maximum absolute atomic E-state index is 12.8. The average Bonchev–Trinajstić information content (AvgIpc) is 3.07. The van der Waals surface area contributed by atoms with E-state index in [1.807, 2.05) is 42.5 Å². The van der Waals surface area contributed by atoms with Gasteiger partial charge in [0.15, 0.2) is 0 Å². The lowest BCUT2D eigenvalue weighted by Gasteiger charge is -2.10. The summed E-state index contributed by atoms with van der Waals surface area (Å²) in [7, 11) is 0. The van der Waals surface area contributed by atoms with E-state index in [4.69, 9.17) is 4.42 Å². The molecule has 0 saturated heterocycles. The Kier molecular flexibility index (Phi) is 3.56. The lowest BCUT2D eigenvalue weighted by atomic mass is 10.1. The van der Waals surface area contributed by atoms with Crippen LogP contribution in [0.3, 0.4) is 0 Å². The predicted octanol–water partition coefficient (Wildman–Crippen LogP) is 6.18. The van der Waals surface area contributed by atoms with Gasteiger partial charge in [-0.05, 0) is 30.3 Å². The molecule has 134 valence electrons. The Bertz CT molecular complexity index is 1410. The second-order valence-corrected chi connectivity index (χ2v) is 6.67. The molecule has 0 saturated carbocycles. The van der Waals surface area contributed by atoms with Gasteiger partial charge in [0, 0.05) is 22.5 Å². The van der Waals surface area contributed by atoms with E-state index >= 15 is 0 Å². The first-order chi connectivity index (χ1) is 13.7. The minimum atomic E-state index is -0.0973. The number of aromatic nitrogens is 1. The van der Waals surface area contributed by atoms with E-state index in [2.05, 4.69) is 42.0 Å². The molecule has 0 fully saturated rings. The van der Waals surface area contributed by atoms with Crippen molar-refractivity contribution in [1.82, 2.24) is 4.57 Å². The van der Waals surface area contributed by atoms with Crippen molar-refractivity contribution in [3.05, 3.63) is 101 Å². The van der Waals surface area contributed by atoms with Crippen LogP contribution in [0, 0.1) is 0 Å². The van der Waals surface area contributed by atoms with Gasteiger partial charge >= 0.3 is 0 Å². The van der Waals surface area contributed by atoms with Crippen LogP contribution in [-0.2, 0) is 0 Å². The monoisotopic (exact) mass is 363 g/mol. The zero-order valence-electron chi connectivity index (χ0n) is 15.2. The van der Waals surface area contributed by atoms with E-state index in [0.29, 0.717) is 22.3 Å². The topological polar surface area (TPSA) is 35.1 Å². The Morgan fingerprint density at radius 3 is 2.04 bits per heavy atom. The van der Waals surface area contributed by atoms with Crippen molar-refractivity contribution in [2.45, 2.75) is 0 Å². The highest BCUT2D eigenvalue weighted by Crippen LogP contribution is 2.32. The van der Waals surface area contributed by atoms with Crippen LogP contribution in [-0.4, -0.2) is 4.57 Å². The van der Waals surface area contributed by atoms with E-state index in [9.17, 15) is 4.79 Å². The maximum Gasteiger partial charge on any atom is 0.200 e. The molecule has 0 aliphatic rings. The number of para-hydroxylation sites is 2. The normalized spacial score (nSPS) is 11.3. The molecule has 0 atom stereocenters. The third kappa shape index (κ3) is 2.20. The second-order valence-electron chi connectivity index (χ2n) is 6.67. The molecule has 0 aliphatic carbocycles. The summed E-state index contributed by atoms with van der Waals surface area (Å²) in [5.74, 6) is 0.437. The van der Waals surface area contributed by atoms with Crippen LogP contribution in [0.25, 0.3) is 50.6 Å². The Morgan fingerprint density at radius 1 is 0.786 bits per heavy atom. The highest BCUT2D eigenvalue weighted by Gasteiger charge is 2.14. The first kappa shape index (κ1) is 16.3. The van der Waals surface area contributed by atoms with E-state index in [1.165, 1.54) is 16.8 Å². The first-order valence-corrected chi connectivity index (χ1v) is 9.07. The van der Waals surface area contributed by atoms with Crippen molar-refractivity contribution in [2.24, 2.45) is 0 Å². The van der Waals surface area contributed by atoms with E-state index in [0.717, 1.165) is 16.7 Å². The minimum absolute atomic E-state index is 0.0973. The Morgan fingerprint density at radius 2 is 1.43 bits per heavy atom. The van der Waals surface area contributed by atoms with Crippen LogP contribution in [0.5, 0.6) is 0 Å². The van der Waals surface area contributed by atoms with Crippen molar-refractivity contribution >= 4 is 44.9 Å². The number of nitrogens with zero attached hydrogens (tertiary/aromatic N) is 1. The van der Waals surface area contributed by atoms with Crippen molar-refractivity contribution < 1.29 is 4.42 Å². The number of hydrogen-bond acceptors (Lipinski definition) is 2. The molecule has 2 aromatic heterocycles. The summed E-state index contributed by atoms with van der Waals surface area (Å²) >= 11 is 0. The van der Waals surface area contributed by atoms with Gasteiger partial charge in [0.2, 0.25) is 5.43 Å². The van der Waals surface area contributed by atoms with Crippen LogP contribution in [0.15, 0.2) is 89.1 Å². The van der Waals surface area contributed by atoms with Gasteiger partial charge in [-0.25, -0.2) is 0 Å². The van der Waals surface area contributed by atoms with Gasteiger partial charge in [-0.15, -0.1) is 0 Å². The third-order valence-corrected chi connectivity index (χ3v) is 5.17. The zero-order chi connectivity index (χ0) is 19.3. The number of hydrogen-bond donors (Lipinski definition) is 0. The molecular formula is C25H17NO2. The molecule has 0 unspecified atom stereocenters. The second kappa shape index (κ2) is 6.10. The molecule has 3 heteroatoms. The molecule has 3 nitrogen and oxygen atoms in total. The summed E-state index contributed by atoms with van der Waals surface area (Å²) in [6, 6.07) is 22.3. The molecule has 0 radical (unpaired) electrons. The van der Waals surface area contributed by atoms with Gasteiger partial charge in [0.25, 0.3) is 0 Å². The maximum atomic E-state index is 12.8. The van der Waals surface area contributed by atoms with Crippen molar-refractivity contribution in [3.8, 4) is 5.69 Å². The van der Waals surface area contributed by atoms with E-state index in [-0.39, 0.29) is 5.43 Å². The van der Waals surface area contributed by atoms with Crippen LogP contribution < -0.4 is 5.43 Å². The van der Waals surface area contributed by atoms with Gasteiger partial charge in [0.1, 0.15) is 11.3 Å². The largest absolute Gasteiger partial charge is 0.456 e. The Labute approximate surface area is 161 Å². The SMILES string of the molecule is C=Cc1oc2cc(-n3c4ccccc4c4ccccc43)ccc2c(=O)c1C=C. The molecule has 0 amide bonds. The summed E-state index contributed by atoms with van der Waals surface area (Å²) in [6.45, 7) is 7.48. The van der Waals surface area contributed by atoms with Crippen molar-refractivity contribution in [1.29, 1.82) is 0 Å². The molecule has 0 aliphatic heterocycles. The Hall–Kier alpha value is -3.85. The zero-order valence-corrected chi connectivity index (χ0v) is 15.2. The molecule has 28 heavy (non-hydrogen) atoms. The molecule has 0 bridgehead atoms. The van der Waals surface area contributed by atoms with E-state index < -0.39 is 0 Å². The molecule has 5 aromatic rings. The van der Waals surface area contributed by atoms with Crippen molar-refractivity contribution in [3.63, 3.8) is 0 Å². The molecular weight excluding hydrogens is 346 g/mol. The van der Waals surface area contributed by atoms with Crippen LogP contribution >= 0.6 is 0 Å².